The summed E-state index contributed by atoms with van der Waals surface area (Å²) in [6.07, 6.45) is -4.86. The maximum Gasteiger partial charge on any atom is 0.490 e. The average Bonchev–Trinajstić information content (AvgIpc) is 3.04. The Bertz CT molecular complexity index is 742. The molecule has 2 atom stereocenters. The van der Waals surface area contributed by atoms with E-state index in [1.54, 1.807) is 4.90 Å². The third-order valence-electron chi connectivity index (χ3n) is 5.06. The van der Waals surface area contributed by atoms with Crippen LogP contribution in [0.2, 0.25) is 0 Å². The zero-order valence-electron chi connectivity index (χ0n) is 17.4. The molecule has 2 heterocycles. The Morgan fingerprint density at radius 1 is 1.27 bits per heavy atom. The molecule has 7 nitrogen and oxygen atoms in total. The summed E-state index contributed by atoms with van der Waals surface area (Å²) < 4.78 is 37.7. The van der Waals surface area contributed by atoms with E-state index in [0.717, 1.165) is 32.8 Å². The molecular formula is C20H28F3N3O4. The minimum atomic E-state index is -5.08. The van der Waals surface area contributed by atoms with Crippen LogP contribution in [-0.2, 0) is 20.9 Å². The third kappa shape index (κ3) is 6.96. The predicted octanol–water partition coefficient (Wildman–Crippen LogP) is 1.60. The summed E-state index contributed by atoms with van der Waals surface area (Å²) >= 11 is 0. The van der Waals surface area contributed by atoms with Gasteiger partial charge in [0.15, 0.2) is 0 Å². The highest BCUT2D eigenvalue weighted by molar-refractivity contribution is 5.77. The van der Waals surface area contributed by atoms with Crippen molar-refractivity contribution in [3.05, 3.63) is 35.4 Å². The highest BCUT2D eigenvalue weighted by Gasteiger charge is 2.40. The number of aliphatic carboxylic acids is 1. The topological polar surface area (TPSA) is 73.3 Å². The first-order valence-corrected chi connectivity index (χ1v) is 9.61. The van der Waals surface area contributed by atoms with Crippen LogP contribution in [0.25, 0.3) is 0 Å². The third-order valence-corrected chi connectivity index (χ3v) is 5.06. The zero-order valence-corrected chi connectivity index (χ0v) is 17.4. The number of benzene rings is 1. The van der Waals surface area contributed by atoms with Gasteiger partial charge in [0.05, 0.1) is 25.3 Å². The largest absolute Gasteiger partial charge is 0.490 e. The van der Waals surface area contributed by atoms with Crippen molar-refractivity contribution in [3.8, 4) is 0 Å². The number of likely N-dealkylation sites (N-methyl/N-ethyl adjacent to an activating group) is 1. The van der Waals surface area contributed by atoms with Gasteiger partial charge in [-0.15, -0.1) is 0 Å². The number of aryl methyl sites for hydroxylation is 1. The second-order valence-electron chi connectivity index (χ2n) is 7.72. The second kappa shape index (κ2) is 10.2. The monoisotopic (exact) mass is 431 g/mol. The molecule has 0 saturated carbocycles. The van der Waals surface area contributed by atoms with E-state index in [-0.39, 0.29) is 12.0 Å². The highest BCUT2D eigenvalue weighted by atomic mass is 19.4. The smallest absolute Gasteiger partial charge is 0.475 e. The Labute approximate surface area is 174 Å². The summed E-state index contributed by atoms with van der Waals surface area (Å²) in [5.41, 5.74) is 2.65. The predicted molar refractivity (Wildman–Crippen MR) is 104 cm³/mol. The Hall–Kier alpha value is -2.17. The molecule has 2 aliphatic rings. The number of carboxylic acid groups (broad SMARTS) is 1. The van der Waals surface area contributed by atoms with E-state index in [0.29, 0.717) is 12.6 Å². The van der Waals surface area contributed by atoms with E-state index in [2.05, 4.69) is 41.0 Å². The van der Waals surface area contributed by atoms with E-state index < -0.39 is 12.1 Å². The van der Waals surface area contributed by atoms with E-state index >= 15 is 0 Å². The molecule has 3 rings (SSSR count). The lowest BCUT2D eigenvalue weighted by molar-refractivity contribution is -0.192. The van der Waals surface area contributed by atoms with Gasteiger partial charge in [0.1, 0.15) is 0 Å². The molecule has 0 radical (unpaired) electrons. The maximum absolute atomic E-state index is 12.0. The lowest BCUT2D eigenvalue weighted by Gasteiger charge is -2.36. The number of hydrogen-bond acceptors (Lipinski definition) is 5. The summed E-state index contributed by atoms with van der Waals surface area (Å²) in [4.78, 5) is 27.4. The minimum Gasteiger partial charge on any atom is -0.475 e. The molecular weight excluding hydrogens is 403 g/mol. The molecule has 0 aliphatic carbocycles. The van der Waals surface area contributed by atoms with Crippen LogP contribution in [0.1, 0.15) is 11.1 Å². The van der Waals surface area contributed by atoms with Gasteiger partial charge in [-0.05, 0) is 12.5 Å². The molecule has 1 aromatic rings. The number of carbonyl (C=O) groups excluding carboxylic acids is 1. The quantitative estimate of drug-likeness (QED) is 0.781. The Morgan fingerprint density at radius 2 is 1.93 bits per heavy atom. The summed E-state index contributed by atoms with van der Waals surface area (Å²) in [6.45, 7) is 7.07. The number of fused-ring (bicyclic) bond motifs is 1. The van der Waals surface area contributed by atoms with Gasteiger partial charge in [-0.2, -0.15) is 13.2 Å². The fraction of sp³-hybridized carbons (Fsp3) is 0.600. The number of carbonyl (C=O) groups is 2. The first-order chi connectivity index (χ1) is 14.0. The van der Waals surface area contributed by atoms with Crippen LogP contribution in [0.5, 0.6) is 0 Å². The van der Waals surface area contributed by atoms with Crippen molar-refractivity contribution in [2.24, 2.45) is 0 Å². The first-order valence-electron chi connectivity index (χ1n) is 9.61. The van der Waals surface area contributed by atoms with Crippen molar-refractivity contribution in [2.45, 2.75) is 31.8 Å². The van der Waals surface area contributed by atoms with Gasteiger partial charge in [-0.25, -0.2) is 4.79 Å². The Kier molecular flexibility index (Phi) is 8.22. The number of carboxylic acids is 1. The number of rotatable bonds is 4. The summed E-state index contributed by atoms with van der Waals surface area (Å²) in [6, 6.07) is 9.01. The number of likely N-dealkylation sites (tertiary alicyclic amines) is 1. The normalized spacial score (nSPS) is 22.1. The molecule has 2 saturated heterocycles. The molecule has 2 aliphatic heterocycles. The average molecular weight is 431 g/mol. The van der Waals surface area contributed by atoms with E-state index in [1.807, 2.05) is 14.1 Å². The number of morpholine rings is 1. The number of ether oxygens (including phenoxy) is 1. The van der Waals surface area contributed by atoms with Gasteiger partial charge >= 0.3 is 12.1 Å². The van der Waals surface area contributed by atoms with Crippen molar-refractivity contribution >= 4 is 11.9 Å². The van der Waals surface area contributed by atoms with E-state index in [9.17, 15) is 18.0 Å². The Balaban J connectivity index is 0.000000396. The summed E-state index contributed by atoms with van der Waals surface area (Å²) in [7, 11) is 3.64. The summed E-state index contributed by atoms with van der Waals surface area (Å²) in [5.74, 6) is -2.59. The molecule has 0 spiro atoms. The Morgan fingerprint density at radius 3 is 2.50 bits per heavy atom. The van der Waals surface area contributed by atoms with Crippen LogP contribution in [0.4, 0.5) is 13.2 Å². The van der Waals surface area contributed by atoms with Crippen LogP contribution in [-0.4, -0.2) is 96.9 Å². The number of nitrogens with zero attached hydrogens (tertiary/aromatic N) is 3. The lowest BCUT2D eigenvalue weighted by Crippen LogP contribution is -2.53. The lowest BCUT2D eigenvalue weighted by atomic mass is 10.1. The second-order valence-corrected chi connectivity index (χ2v) is 7.72. The summed E-state index contributed by atoms with van der Waals surface area (Å²) in [5, 5.41) is 7.12. The van der Waals surface area contributed by atoms with Gasteiger partial charge in [-0.3, -0.25) is 14.6 Å². The first kappa shape index (κ1) is 24.1. The van der Waals surface area contributed by atoms with Crippen LogP contribution >= 0.6 is 0 Å². The molecule has 10 heteroatoms. The van der Waals surface area contributed by atoms with Crippen molar-refractivity contribution in [2.75, 3.05) is 46.9 Å². The van der Waals surface area contributed by atoms with Crippen molar-refractivity contribution in [3.63, 3.8) is 0 Å². The fourth-order valence-corrected chi connectivity index (χ4v) is 3.54. The van der Waals surface area contributed by atoms with Gasteiger partial charge in [0, 0.05) is 40.3 Å². The van der Waals surface area contributed by atoms with Crippen molar-refractivity contribution < 1.29 is 32.6 Å². The van der Waals surface area contributed by atoms with Crippen LogP contribution < -0.4 is 0 Å². The molecule has 1 amide bonds. The standard InChI is InChI=1S/C18H27N3O2.C2HF3O2/c1-14-5-4-6-15(9-14)10-20-11-16-17(12-20)23-8-7-21(16)13-18(22)19(2)3;3-2(4,5)1(6)7/h4-6,9,16-17H,7-8,10-13H2,1-3H3;(H,6,7)/t16-,17+;/m1./s1. The van der Waals surface area contributed by atoms with Gasteiger partial charge in [-0.1, -0.05) is 29.8 Å². The molecule has 0 aromatic heterocycles. The minimum absolute atomic E-state index is 0.169. The molecule has 30 heavy (non-hydrogen) atoms. The van der Waals surface area contributed by atoms with Crippen LogP contribution in [0, 0.1) is 6.92 Å². The van der Waals surface area contributed by atoms with E-state index in [1.165, 1.54) is 11.1 Å². The van der Waals surface area contributed by atoms with Crippen molar-refractivity contribution in [1.82, 2.24) is 14.7 Å². The van der Waals surface area contributed by atoms with Gasteiger partial charge in [0.25, 0.3) is 0 Å². The fourth-order valence-electron chi connectivity index (χ4n) is 3.54. The van der Waals surface area contributed by atoms with Gasteiger partial charge < -0.3 is 14.7 Å². The number of alkyl halides is 3. The molecule has 2 fully saturated rings. The van der Waals surface area contributed by atoms with E-state index in [4.69, 9.17) is 14.6 Å². The molecule has 1 aromatic carbocycles. The highest BCUT2D eigenvalue weighted by Crippen LogP contribution is 2.24. The van der Waals surface area contributed by atoms with Gasteiger partial charge in [0.2, 0.25) is 5.91 Å². The molecule has 1 N–H and O–H groups in total. The van der Waals surface area contributed by atoms with Crippen molar-refractivity contribution in [1.29, 1.82) is 0 Å². The number of hydrogen-bond donors (Lipinski definition) is 1. The van der Waals surface area contributed by atoms with Crippen LogP contribution in [0.3, 0.4) is 0 Å². The van der Waals surface area contributed by atoms with Crippen LogP contribution in [0.15, 0.2) is 24.3 Å². The zero-order chi connectivity index (χ0) is 22.5. The number of halogens is 3. The molecule has 168 valence electrons. The SMILES string of the molecule is Cc1cccc(CN2C[C@@H]3OCCN(CC(=O)N(C)C)[C@@H]3C2)c1.O=C(O)C(F)(F)F. The molecule has 0 unspecified atom stereocenters. The molecule has 0 bridgehead atoms. The number of amides is 1. The maximum atomic E-state index is 12.0.